The molecule has 0 fully saturated rings. The SMILES string of the molecule is COC(=O)Cc1ccc(C(O)=C(C#N)C#N)cc1. The Hall–Kier alpha value is -2.79. The molecule has 5 nitrogen and oxygen atoms in total. The number of aliphatic hydroxyl groups is 1. The lowest BCUT2D eigenvalue weighted by Crippen LogP contribution is -2.04. The summed E-state index contributed by atoms with van der Waals surface area (Å²) in [5, 5.41) is 26.9. The molecule has 1 aromatic carbocycles. The zero-order valence-corrected chi connectivity index (χ0v) is 9.67. The molecule has 0 radical (unpaired) electrons. The minimum absolute atomic E-state index is 0.130. The first-order valence-electron chi connectivity index (χ1n) is 5.02. The summed E-state index contributed by atoms with van der Waals surface area (Å²) in [5.41, 5.74) is 0.714. The van der Waals surface area contributed by atoms with E-state index in [2.05, 4.69) is 4.74 Å². The lowest BCUT2D eigenvalue weighted by Gasteiger charge is -2.03. The molecule has 1 rings (SSSR count). The summed E-state index contributed by atoms with van der Waals surface area (Å²) in [6.45, 7) is 0. The fourth-order valence-electron chi connectivity index (χ4n) is 1.29. The van der Waals surface area contributed by atoms with Gasteiger partial charge >= 0.3 is 5.97 Å². The highest BCUT2D eigenvalue weighted by molar-refractivity contribution is 5.73. The maximum absolute atomic E-state index is 11.0. The van der Waals surface area contributed by atoms with Crippen molar-refractivity contribution in [2.24, 2.45) is 0 Å². The molecule has 0 aliphatic rings. The molecule has 0 saturated heterocycles. The average molecular weight is 242 g/mol. The second kappa shape index (κ2) is 6.07. The Morgan fingerprint density at radius 2 is 1.83 bits per heavy atom. The van der Waals surface area contributed by atoms with Gasteiger partial charge in [-0.15, -0.1) is 0 Å². The van der Waals surface area contributed by atoms with E-state index in [-0.39, 0.29) is 23.7 Å². The van der Waals surface area contributed by atoms with E-state index in [0.29, 0.717) is 11.1 Å². The van der Waals surface area contributed by atoms with E-state index in [1.807, 2.05) is 0 Å². The Kier molecular flexibility index (Phi) is 4.48. The largest absolute Gasteiger partial charge is 0.505 e. The predicted octanol–water partition coefficient (Wildman–Crippen LogP) is 1.72. The van der Waals surface area contributed by atoms with Gasteiger partial charge in [0, 0.05) is 5.56 Å². The number of ether oxygens (including phenoxy) is 1. The highest BCUT2D eigenvalue weighted by Crippen LogP contribution is 2.16. The molecule has 1 aromatic rings. The minimum atomic E-state index is -0.371. The molecule has 5 heteroatoms. The van der Waals surface area contributed by atoms with Crippen LogP contribution in [0.25, 0.3) is 5.76 Å². The van der Waals surface area contributed by atoms with E-state index in [4.69, 9.17) is 10.5 Å². The van der Waals surface area contributed by atoms with Crippen LogP contribution in [0.5, 0.6) is 0 Å². The molecule has 0 atom stereocenters. The monoisotopic (exact) mass is 242 g/mol. The lowest BCUT2D eigenvalue weighted by molar-refractivity contribution is -0.139. The van der Waals surface area contributed by atoms with Crippen molar-refractivity contribution in [3.8, 4) is 12.1 Å². The molecular formula is C13H10N2O3. The van der Waals surface area contributed by atoms with Crippen LogP contribution in [0.15, 0.2) is 29.8 Å². The van der Waals surface area contributed by atoms with Gasteiger partial charge in [-0.1, -0.05) is 24.3 Å². The smallest absolute Gasteiger partial charge is 0.309 e. The van der Waals surface area contributed by atoms with Gasteiger partial charge in [0.05, 0.1) is 13.5 Å². The normalized spacial score (nSPS) is 8.83. The molecule has 0 aliphatic heterocycles. The lowest BCUT2D eigenvalue weighted by atomic mass is 10.1. The number of hydrogen-bond donors (Lipinski definition) is 1. The van der Waals surface area contributed by atoms with Crippen molar-refractivity contribution in [1.29, 1.82) is 10.5 Å². The van der Waals surface area contributed by atoms with Crippen LogP contribution in [-0.4, -0.2) is 18.2 Å². The van der Waals surface area contributed by atoms with Crippen LogP contribution in [0.3, 0.4) is 0 Å². The van der Waals surface area contributed by atoms with Crippen LogP contribution in [-0.2, 0) is 16.0 Å². The first-order chi connectivity index (χ1) is 8.62. The Labute approximate surface area is 104 Å². The second-order valence-electron chi connectivity index (χ2n) is 3.40. The molecule has 0 bridgehead atoms. The molecule has 90 valence electrons. The van der Waals surface area contributed by atoms with E-state index in [0.717, 1.165) is 0 Å². The number of allylic oxidation sites excluding steroid dienone is 1. The molecule has 0 heterocycles. The van der Waals surface area contributed by atoms with Crippen molar-refractivity contribution in [2.45, 2.75) is 6.42 Å². The summed E-state index contributed by atoms with van der Waals surface area (Å²) in [7, 11) is 1.30. The van der Waals surface area contributed by atoms with Gasteiger partial charge in [-0.05, 0) is 5.56 Å². The zero-order chi connectivity index (χ0) is 13.5. The third kappa shape index (κ3) is 3.10. The Bertz CT molecular complexity index is 543. The standard InChI is InChI=1S/C13H10N2O3/c1-18-12(16)6-9-2-4-10(5-3-9)13(17)11(7-14)8-15/h2-5,17H,6H2,1H3. The van der Waals surface area contributed by atoms with Crippen molar-refractivity contribution < 1.29 is 14.6 Å². The summed E-state index contributed by atoms with van der Waals surface area (Å²) in [5.74, 6) is -0.734. The van der Waals surface area contributed by atoms with Gasteiger partial charge in [0.15, 0.2) is 11.3 Å². The van der Waals surface area contributed by atoms with Gasteiger partial charge < -0.3 is 9.84 Å². The molecule has 0 unspecified atom stereocenters. The topological polar surface area (TPSA) is 94.1 Å². The van der Waals surface area contributed by atoms with E-state index >= 15 is 0 Å². The van der Waals surface area contributed by atoms with Gasteiger partial charge in [0.1, 0.15) is 12.1 Å². The van der Waals surface area contributed by atoms with Crippen molar-refractivity contribution in [3.63, 3.8) is 0 Å². The predicted molar refractivity (Wildman–Crippen MR) is 62.9 cm³/mol. The summed E-state index contributed by atoms with van der Waals surface area (Å²) in [6.07, 6.45) is 0.130. The summed E-state index contributed by atoms with van der Waals surface area (Å²) in [4.78, 5) is 11.0. The van der Waals surface area contributed by atoms with Crippen LogP contribution in [0.4, 0.5) is 0 Å². The second-order valence-corrected chi connectivity index (χ2v) is 3.40. The maximum atomic E-state index is 11.0. The Morgan fingerprint density at radius 1 is 1.28 bits per heavy atom. The fourth-order valence-corrected chi connectivity index (χ4v) is 1.29. The van der Waals surface area contributed by atoms with Gasteiger partial charge in [0.2, 0.25) is 0 Å². The van der Waals surface area contributed by atoms with Crippen molar-refractivity contribution in [1.82, 2.24) is 0 Å². The van der Waals surface area contributed by atoms with Crippen LogP contribution < -0.4 is 0 Å². The van der Waals surface area contributed by atoms with E-state index in [1.165, 1.54) is 19.2 Å². The molecule has 0 saturated carbocycles. The molecule has 18 heavy (non-hydrogen) atoms. The Morgan fingerprint density at radius 3 is 2.28 bits per heavy atom. The number of carbonyl (C=O) groups is 1. The number of nitriles is 2. The van der Waals surface area contributed by atoms with E-state index in [9.17, 15) is 9.90 Å². The van der Waals surface area contributed by atoms with Crippen LogP contribution in [0, 0.1) is 22.7 Å². The van der Waals surface area contributed by atoms with Crippen molar-refractivity contribution >= 4 is 11.7 Å². The number of rotatable bonds is 3. The van der Waals surface area contributed by atoms with Crippen molar-refractivity contribution in [2.75, 3.05) is 7.11 Å². The van der Waals surface area contributed by atoms with Gasteiger partial charge in [-0.2, -0.15) is 10.5 Å². The summed E-state index contributed by atoms with van der Waals surface area (Å²) in [6, 6.07) is 9.50. The third-order valence-electron chi connectivity index (χ3n) is 2.26. The van der Waals surface area contributed by atoms with Crippen LogP contribution in [0.1, 0.15) is 11.1 Å². The number of carbonyl (C=O) groups excluding carboxylic acids is 1. The van der Waals surface area contributed by atoms with Crippen LogP contribution >= 0.6 is 0 Å². The van der Waals surface area contributed by atoms with Gasteiger partial charge in [0.25, 0.3) is 0 Å². The first-order valence-corrected chi connectivity index (χ1v) is 5.02. The quantitative estimate of drug-likeness (QED) is 0.494. The van der Waals surface area contributed by atoms with E-state index < -0.39 is 0 Å². The molecular weight excluding hydrogens is 232 g/mol. The minimum Gasteiger partial charge on any atom is -0.505 e. The number of aliphatic hydroxyl groups excluding tert-OH is 1. The number of methoxy groups -OCH3 is 1. The third-order valence-corrected chi connectivity index (χ3v) is 2.26. The molecule has 1 N–H and O–H groups in total. The number of esters is 1. The molecule has 0 aromatic heterocycles. The number of benzene rings is 1. The maximum Gasteiger partial charge on any atom is 0.309 e. The van der Waals surface area contributed by atoms with E-state index in [1.54, 1.807) is 24.3 Å². The molecule has 0 aliphatic carbocycles. The summed E-state index contributed by atoms with van der Waals surface area (Å²) < 4.78 is 4.52. The number of nitrogens with zero attached hydrogens (tertiary/aromatic N) is 2. The first kappa shape index (κ1) is 13.3. The van der Waals surface area contributed by atoms with Gasteiger partial charge in [-0.25, -0.2) is 0 Å². The highest BCUT2D eigenvalue weighted by Gasteiger charge is 2.08. The van der Waals surface area contributed by atoms with Crippen LogP contribution in [0.2, 0.25) is 0 Å². The number of hydrogen-bond acceptors (Lipinski definition) is 5. The average Bonchev–Trinajstić information content (AvgIpc) is 2.40. The molecule has 0 spiro atoms. The molecule has 0 amide bonds. The zero-order valence-electron chi connectivity index (χ0n) is 9.67. The highest BCUT2D eigenvalue weighted by atomic mass is 16.5. The fraction of sp³-hybridized carbons (Fsp3) is 0.154. The Balaban J connectivity index is 2.98. The van der Waals surface area contributed by atoms with Gasteiger partial charge in [-0.3, -0.25) is 4.79 Å². The summed E-state index contributed by atoms with van der Waals surface area (Å²) >= 11 is 0. The van der Waals surface area contributed by atoms with Crippen molar-refractivity contribution in [3.05, 3.63) is 41.0 Å².